The molecule has 0 saturated heterocycles. The molecule has 2 amide bonds. The van der Waals surface area contributed by atoms with Gasteiger partial charge in [-0.25, -0.2) is 0 Å². The number of oxazole rings is 1. The van der Waals surface area contributed by atoms with Crippen LogP contribution in [0.1, 0.15) is 21.8 Å². The van der Waals surface area contributed by atoms with Crippen LogP contribution in [-0.4, -0.2) is 21.1 Å². The van der Waals surface area contributed by atoms with Crippen LogP contribution in [0.5, 0.6) is 0 Å². The fourth-order valence-corrected chi connectivity index (χ4v) is 5.48. The van der Waals surface area contributed by atoms with Gasteiger partial charge >= 0.3 is 6.01 Å². The zero-order valence-corrected chi connectivity index (χ0v) is 21.3. The van der Waals surface area contributed by atoms with Crippen molar-refractivity contribution in [1.29, 1.82) is 0 Å². The Bertz CT molecular complexity index is 1430. The average molecular weight is 570 g/mol. The molecule has 4 aromatic rings. The van der Waals surface area contributed by atoms with Crippen LogP contribution >= 0.6 is 58.0 Å². The molecule has 1 fully saturated rings. The van der Waals surface area contributed by atoms with E-state index in [4.69, 9.17) is 62.4 Å². The molecule has 5 rings (SSSR count). The summed E-state index contributed by atoms with van der Waals surface area (Å²) in [5, 5.41) is 6.32. The standard InChI is InChI=1S/C24H14Cl5N3O3/c25-12-7-11(8-13(26)9-12)19-20(24(19,28)29)22(34)30-14-5-6-16(27)15(10-14)21(33)32-23-31-17-3-1-2-4-18(17)35-23/h1-10,19-20H,(H,30,34)(H,31,32,33). The minimum absolute atomic E-state index is 0.0248. The Balaban J connectivity index is 1.33. The molecule has 1 aliphatic rings. The summed E-state index contributed by atoms with van der Waals surface area (Å²) in [7, 11) is 0. The number of alkyl halides is 2. The van der Waals surface area contributed by atoms with Crippen molar-refractivity contribution in [3.63, 3.8) is 0 Å². The third kappa shape index (κ3) is 4.82. The van der Waals surface area contributed by atoms with Crippen molar-refractivity contribution in [1.82, 2.24) is 4.98 Å². The average Bonchev–Trinajstić information content (AvgIpc) is 3.15. The Hall–Kier alpha value is -2.48. The van der Waals surface area contributed by atoms with E-state index in [9.17, 15) is 9.59 Å². The Kier molecular flexibility index (Phi) is 6.36. The van der Waals surface area contributed by atoms with Crippen molar-refractivity contribution in [3.05, 3.63) is 86.9 Å². The molecule has 35 heavy (non-hydrogen) atoms. The molecule has 11 heteroatoms. The number of benzene rings is 3. The predicted octanol–water partition coefficient (Wildman–Crippen LogP) is 7.57. The number of para-hydroxylation sites is 2. The highest BCUT2D eigenvalue weighted by atomic mass is 35.5. The van der Waals surface area contributed by atoms with E-state index >= 15 is 0 Å². The van der Waals surface area contributed by atoms with E-state index < -0.39 is 28.0 Å². The molecule has 1 aliphatic carbocycles. The first kappa shape index (κ1) is 24.2. The number of carbonyl (C=O) groups excluding carboxylic acids is 2. The van der Waals surface area contributed by atoms with Crippen molar-refractivity contribution in [3.8, 4) is 0 Å². The van der Waals surface area contributed by atoms with Gasteiger partial charge in [-0.15, -0.1) is 23.2 Å². The topological polar surface area (TPSA) is 84.2 Å². The molecule has 2 N–H and O–H groups in total. The van der Waals surface area contributed by atoms with Gasteiger partial charge in [0, 0.05) is 21.7 Å². The summed E-state index contributed by atoms with van der Waals surface area (Å²) < 4.78 is 4.19. The van der Waals surface area contributed by atoms with E-state index in [1.54, 1.807) is 48.5 Å². The second-order valence-electron chi connectivity index (χ2n) is 7.96. The third-order valence-electron chi connectivity index (χ3n) is 5.57. The van der Waals surface area contributed by atoms with Crippen molar-refractivity contribution < 1.29 is 14.0 Å². The number of rotatable bonds is 5. The van der Waals surface area contributed by atoms with Crippen molar-refractivity contribution in [2.45, 2.75) is 10.3 Å². The van der Waals surface area contributed by atoms with E-state index in [0.717, 1.165) is 0 Å². The first-order chi connectivity index (χ1) is 16.6. The van der Waals surface area contributed by atoms with Crippen LogP contribution in [0.25, 0.3) is 11.1 Å². The van der Waals surface area contributed by atoms with Crippen LogP contribution in [0.3, 0.4) is 0 Å². The maximum Gasteiger partial charge on any atom is 0.302 e. The van der Waals surface area contributed by atoms with Gasteiger partial charge in [0.15, 0.2) is 5.58 Å². The molecule has 2 atom stereocenters. The molecular weight excluding hydrogens is 556 g/mol. The minimum atomic E-state index is -1.34. The molecule has 0 bridgehead atoms. The number of nitrogens with one attached hydrogen (secondary N) is 2. The number of fused-ring (bicyclic) bond motifs is 1. The maximum atomic E-state index is 13.0. The monoisotopic (exact) mass is 567 g/mol. The van der Waals surface area contributed by atoms with Crippen LogP contribution in [0.4, 0.5) is 11.7 Å². The third-order valence-corrected chi connectivity index (χ3v) is 7.28. The van der Waals surface area contributed by atoms with Gasteiger partial charge in [0.2, 0.25) is 5.91 Å². The van der Waals surface area contributed by atoms with Crippen molar-refractivity contribution in [2.75, 3.05) is 10.6 Å². The number of anilines is 2. The van der Waals surface area contributed by atoms with Gasteiger partial charge in [-0.05, 0) is 54.1 Å². The molecule has 3 aromatic carbocycles. The molecule has 6 nitrogen and oxygen atoms in total. The summed E-state index contributed by atoms with van der Waals surface area (Å²) in [6.45, 7) is 0. The molecule has 1 saturated carbocycles. The minimum Gasteiger partial charge on any atom is -0.423 e. The second kappa shape index (κ2) is 9.19. The molecule has 2 unspecified atom stereocenters. The number of aromatic nitrogens is 1. The lowest BCUT2D eigenvalue weighted by molar-refractivity contribution is -0.117. The Morgan fingerprint density at radius 2 is 1.63 bits per heavy atom. The first-order valence-electron chi connectivity index (χ1n) is 10.2. The smallest absolute Gasteiger partial charge is 0.302 e. The zero-order valence-electron chi connectivity index (χ0n) is 17.5. The van der Waals surface area contributed by atoms with Crippen LogP contribution in [0.15, 0.2) is 65.1 Å². The Morgan fingerprint density at radius 1 is 0.914 bits per heavy atom. The molecular formula is C24H14Cl5N3O3. The van der Waals surface area contributed by atoms with Gasteiger partial charge in [0.25, 0.3) is 5.91 Å². The first-order valence-corrected chi connectivity index (χ1v) is 12.1. The van der Waals surface area contributed by atoms with Gasteiger partial charge in [0.1, 0.15) is 9.85 Å². The molecule has 0 aliphatic heterocycles. The van der Waals surface area contributed by atoms with Crippen LogP contribution < -0.4 is 10.6 Å². The Labute approximate surface area is 224 Å². The van der Waals surface area contributed by atoms with Crippen LogP contribution in [0.2, 0.25) is 15.1 Å². The molecule has 1 heterocycles. The highest BCUT2D eigenvalue weighted by molar-refractivity contribution is 6.53. The number of carbonyl (C=O) groups is 2. The summed E-state index contributed by atoms with van der Waals surface area (Å²) in [6.07, 6.45) is 0. The van der Waals surface area contributed by atoms with Crippen LogP contribution in [0, 0.1) is 5.92 Å². The second-order valence-corrected chi connectivity index (χ2v) is 10.7. The van der Waals surface area contributed by atoms with E-state index in [1.165, 1.54) is 12.1 Å². The van der Waals surface area contributed by atoms with E-state index in [-0.39, 0.29) is 16.6 Å². The summed E-state index contributed by atoms with van der Waals surface area (Å²) in [4.78, 5) is 30.0. The molecule has 178 valence electrons. The highest BCUT2D eigenvalue weighted by Gasteiger charge is 2.67. The van der Waals surface area contributed by atoms with Crippen LogP contribution in [-0.2, 0) is 4.79 Å². The largest absolute Gasteiger partial charge is 0.423 e. The normalized spacial score (nSPS) is 18.3. The van der Waals surface area contributed by atoms with E-state index in [1.807, 2.05) is 0 Å². The maximum absolute atomic E-state index is 13.0. The summed E-state index contributed by atoms with van der Waals surface area (Å²) >= 11 is 31.2. The lowest BCUT2D eigenvalue weighted by atomic mass is 10.1. The number of nitrogens with zero attached hydrogens (tertiary/aromatic N) is 1. The predicted molar refractivity (Wildman–Crippen MR) is 139 cm³/mol. The number of amides is 2. The molecule has 0 radical (unpaired) electrons. The van der Waals surface area contributed by atoms with E-state index in [0.29, 0.717) is 32.4 Å². The number of halogens is 5. The summed E-state index contributed by atoms with van der Waals surface area (Å²) in [5.41, 5.74) is 2.23. The summed E-state index contributed by atoms with van der Waals surface area (Å²) in [6, 6.07) is 16.5. The molecule has 0 spiro atoms. The summed E-state index contributed by atoms with van der Waals surface area (Å²) in [5.74, 6) is -2.24. The van der Waals surface area contributed by atoms with Crippen molar-refractivity contribution in [2.24, 2.45) is 5.92 Å². The molecule has 1 aromatic heterocycles. The Morgan fingerprint density at radius 3 is 2.34 bits per heavy atom. The van der Waals surface area contributed by atoms with Crippen molar-refractivity contribution >= 4 is 92.6 Å². The van der Waals surface area contributed by atoms with Gasteiger partial charge in [-0.3, -0.25) is 14.9 Å². The fourth-order valence-electron chi connectivity index (χ4n) is 3.91. The van der Waals surface area contributed by atoms with Gasteiger partial charge < -0.3 is 9.73 Å². The van der Waals surface area contributed by atoms with E-state index in [2.05, 4.69) is 15.6 Å². The SMILES string of the molecule is O=C(Nc1nc2ccccc2o1)c1cc(NC(=O)C2C(c3cc(Cl)cc(Cl)c3)C2(Cl)Cl)ccc1Cl. The van der Waals surface area contributed by atoms with Gasteiger partial charge in [-0.1, -0.05) is 46.9 Å². The highest BCUT2D eigenvalue weighted by Crippen LogP contribution is 2.65. The fraction of sp³-hybridized carbons (Fsp3) is 0.125. The lowest BCUT2D eigenvalue weighted by Gasteiger charge is -2.09. The van der Waals surface area contributed by atoms with Gasteiger partial charge in [-0.2, -0.15) is 4.98 Å². The van der Waals surface area contributed by atoms with Gasteiger partial charge in [0.05, 0.1) is 16.5 Å². The quantitative estimate of drug-likeness (QED) is 0.243. The zero-order chi connectivity index (χ0) is 24.9. The lowest BCUT2D eigenvalue weighted by Crippen LogP contribution is -2.18. The number of hydrogen-bond donors (Lipinski definition) is 2. The number of hydrogen-bond acceptors (Lipinski definition) is 4.